The summed E-state index contributed by atoms with van der Waals surface area (Å²) < 4.78 is 12.4. The van der Waals surface area contributed by atoms with Crippen LogP contribution in [0.25, 0.3) is 0 Å². The van der Waals surface area contributed by atoms with Crippen molar-refractivity contribution < 1.29 is 28.7 Å². The van der Waals surface area contributed by atoms with E-state index >= 15 is 0 Å². The summed E-state index contributed by atoms with van der Waals surface area (Å²) in [5, 5.41) is 3.04. The van der Waals surface area contributed by atoms with Crippen LogP contribution in [-0.4, -0.2) is 90.2 Å². The molecule has 2 aromatic rings. The number of fused-ring (bicyclic) bond motifs is 5. The van der Waals surface area contributed by atoms with Crippen molar-refractivity contribution in [2.75, 3.05) is 39.8 Å². The van der Waals surface area contributed by atoms with Gasteiger partial charge in [-0.1, -0.05) is 24.3 Å². The number of carbonyl (C=O) groups is 4. The number of rotatable bonds is 3. The molecule has 0 radical (unpaired) electrons. The molecule has 5 rings (SSSR count). The van der Waals surface area contributed by atoms with Crippen molar-refractivity contribution in [3.05, 3.63) is 59.7 Å². The van der Waals surface area contributed by atoms with Crippen LogP contribution in [0.15, 0.2) is 48.5 Å². The number of hydrogen-bond acceptors (Lipinski definition) is 6. The Morgan fingerprint density at radius 3 is 2.48 bits per heavy atom. The lowest BCUT2D eigenvalue weighted by molar-refractivity contribution is -0.140. The number of benzene rings is 2. The first kappa shape index (κ1) is 29.6. The first-order valence-electron chi connectivity index (χ1n) is 14.9. The monoisotopic (exact) mass is 576 g/mol. The Morgan fingerprint density at radius 1 is 0.929 bits per heavy atom. The van der Waals surface area contributed by atoms with Gasteiger partial charge in [0.2, 0.25) is 23.6 Å². The molecule has 224 valence electrons. The molecule has 3 aliphatic rings. The van der Waals surface area contributed by atoms with Crippen molar-refractivity contribution in [3.8, 4) is 11.5 Å². The van der Waals surface area contributed by atoms with Gasteiger partial charge in [-0.05, 0) is 61.1 Å². The summed E-state index contributed by atoms with van der Waals surface area (Å²) >= 11 is 0. The largest absolute Gasteiger partial charge is 0.457 e. The SMILES string of the molecule is CN1CC(=O)N[C@H]2CN(C(=O)CCN3CCCCC3=O)CC[C@H]2OCc2cccc(c2)Oc2cccc(c2)CCC1=O. The van der Waals surface area contributed by atoms with E-state index in [4.69, 9.17) is 9.47 Å². The van der Waals surface area contributed by atoms with Gasteiger partial charge in [-0.25, -0.2) is 0 Å². The number of ether oxygens (including phenoxy) is 2. The standard InChI is InChI=1S/C32H40N4O6/c1-34-21-29(37)33-27-20-36(32(40)14-17-35-15-3-2-10-31(35)39)16-13-28(27)41-22-24-7-5-9-26(19-24)42-25-8-4-6-23(18-25)11-12-30(34)38/h4-9,18-19,27-28H,2-3,10-17,20-22H2,1H3,(H,33,37)/t27-,28+/m0/s1. The van der Waals surface area contributed by atoms with E-state index in [0.717, 1.165) is 24.0 Å². The number of piperidine rings is 2. The molecular formula is C32H40N4O6. The molecule has 3 aliphatic heterocycles. The molecule has 1 N–H and O–H groups in total. The van der Waals surface area contributed by atoms with Gasteiger partial charge in [0.1, 0.15) is 11.5 Å². The molecule has 10 nitrogen and oxygen atoms in total. The van der Waals surface area contributed by atoms with Crippen LogP contribution in [0.4, 0.5) is 0 Å². The molecule has 2 fully saturated rings. The molecule has 0 aliphatic carbocycles. The quantitative estimate of drug-likeness (QED) is 0.602. The number of amides is 4. The Hall–Kier alpha value is -3.92. The van der Waals surface area contributed by atoms with Crippen LogP contribution in [0.3, 0.4) is 0 Å². The summed E-state index contributed by atoms with van der Waals surface area (Å²) in [6.45, 7) is 2.15. The first-order valence-corrected chi connectivity index (χ1v) is 14.9. The van der Waals surface area contributed by atoms with E-state index in [-0.39, 0.29) is 49.1 Å². The molecule has 42 heavy (non-hydrogen) atoms. The van der Waals surface area contributed by atoms with E-state index in [0.29, 0.717) is 63.5 Å². The summed E-state index contributed by atoms with van der Waals surface area (Å²) in [6.07, 6.45) is 3.70. The van der Waals surface area contributed by atoms with E-state index in [2.05, 4.69) is 5.32 Å². The van der Waals surface area contributed by atoms with Gasteiger partial charge < -0.3 is 29.5 Å². The lowest BCUT2D eigenvalue weighted by atomic mass is 10.0. The predicted octanol–water partition coefficient (Wildman–Crippen LogP) is 2.89. The van der Waals surface area contributed by atoms with E-state index in [9.17, 15) is 19.2 Å². The summed E-state index contributed by atoms with van der Waals surface area (Å²) in [7, 11) is 1.62. The third-order valence-corrected chi connectivity index (χ3v) is 8.20. The fourth-order valence-electron chi connectivity index (χ4n) is 5.78. The second-order valence-corrected chi connectivity index (χ2v) is 11.4. The third kappa shape index (κ3) is 7.88. The topological polar surface area (TPSA) is 108 Å². The number of likely N-dealkylation sites (N-methyl/N-ethyl adjacent to an activating group) is 1. The minimum atomic E-state index is -0.437. The maximum atomic E-state index is 13.1. The molecule has 2 atom stereocenters. The summed E-state index contributed by atoms with van der Waals surface area (Å²) in [5.41, 5.74) is 1.91. The number of aryl methyl sites for hydroxylation is 1. The van der Waals surface area contributed by atoms with Crippen LogP contribution in [-0.2, 0) is 36.9 Å². The molecule has 0 unspecified atom stereocenters. The molecule has 0 aromatic heterocycles. The lowest BCUT2D eigenvalue weighted by Crippen LogP contribution is -2.58. The Kier molecular flexibility index (Phi) is 9.74. The van der Waals surface area contributed by atoms with Crippen molar-refractivity contribution in [2.24, 2.45) is 0 Å². The summed E-state index contributed by atoms with van der Waals surface area (Å²) in [4.78, 5) is 56.2. The minimum Gasteiger partial charge on any atom is -0.457 e. The zero-order valence-corrected chi connectivity index (χ0v) is 24.3. The third-order valence-electron chi connectivity index (χ3n) is 8.20. The molecule has 2 saturated heterocycles. The van der Waals surface area contributed by atoms with Gasteiger partial charge in [-0.15, -0.1) is 0 Å². The Bertz CT molecular complexity index is 1300. The summed E-state index contributed by atoms with van der Waals surface area (Å²) in [5.74, 6) is 1.01. The number of carbonyl (C=O) groups excluding carboxylic acids is 4. The van der Waals surface area contributed by atoms with Gasteiger partial charge >= 0.3 is 0 Å². The van der Waals surface area contributed by atoms with Crippen LogP contribution in [0.2, 0.25) is 0 Å². The average molecular weight is 577 g/mol. The van der Waals surface area contributed by atoms with Gasteiger partial charge in [-0.3, -0.25) is 19.2 Å². The number of nitrogens with one attached hydrogen (secondary N) is 1. The average Bonchev–Trinajstić information content (AvgIpc) is 2.98. The number of hydrogen-bond donors (Lipinski definition) is 1. The van der Waals surface area contributed by atoms with Gasteiger partial charge in [-0.2, -0.15) is 0 Å². The van der Waals surface area contributed by atoms with Crippen LogP contribution < -0.4 is 10.1 Å². The molecule has 4 amide bonds. The summed E-state index contributed by atoms with van der Waals surface area (Å²) in [6, 6.07) is 14.9. The normalized spacial score (nSPS) is 22.4. The van der Waals surface area contributed by atoms with E-state index < -0.39 is 6.04 Å². The van der Waals surface area contributed by atoms with Crippen LogP contribution in [0.5, 0.6) is 11.5 Å². The maximum absolute atomic E-state index is 13.1. The van der Waals surface area contributed by atoms with Crippen molar-refractivity contribution in [1.82, 2.24) is 20.0 Å². The van der Waals surface area contributed by atoms with E-state index in [1.165, 1.54) is 4.90 Å². The maximum Gasteiger partial charge on any atom is 0.239 e. The molecule has 2 aromatic carbocycles. The lowest BCUT2D eigenvalue weighted by Gasteiger charge is -2.39. The molecule has 4 bridgehead atoms. The molecule has 3 heterocycles. The van der Waals surface area contributed by atoms with E-state index in [1.54, 1.807) is 16.8 Å². The van der Waals surface area contributed by atoms with Crippen molar-refractivity contribution in [2.45, 2.75) is 63.7 Å². The fraction of sp³-hybridized carbons (Fsp3) is 0.500. The predicted molar refractivity (Wildman–Crippen MR) is 156 cm³/mol. The van der Waals surface area contributed by atoms with E-state index in [1.807, 2.05) is 48.5 Å². The molecule has 0 saturated carbocycles. The zero-order valence-electron chi connectivity index (χ0n) is 24.3. The highest BCUT2D eigenvalue weighted by molar-refractivity contribution is 5.85. The van der Waals surface area contributed by atoms with Crippen LogP contribution in [0.1, 0.15) is 49.7 Å². The number of likely N-dealkylation sites (tertiary alicyclic amines) is 2. The Balaban J connectivity index is 1.29. The second kappa shape index (κ2) is 13.8. The Labute approximate surface area is 246 Å². The molecular weight excluding hydrogens is 536 g/mol. The van der Waals surface area contributed by atoms with Crippen molar-refractivity contribution >= 4 is 23.6 Å². The fourth-order valence-corrected chi connectivity index (χ4v) is 5.78. The zero-order chi connectivity index (χ0) is 29.5. The van der Waals surface area contributed by atoms with Crippen molar-refractivity contribution in [3.63, 3.8) is 0 Å². The number of nitrogens with zero attached hydrogens (tertiary/aromatic N) is 3. The van der Waals surface area contributed by atoms with Gasteiger partial charge in [0.05, 0.1) is 25.3 Å². The molecule has 10 heteroatoms. The first-order chi connectivity index (χ1) is 20.3. The smallest absolute Gasteiger partial charge is 0.239 e. The highest BCUT2D eigenvalue weighted by Gasteiger charge is 2.34. The second-order valence-electron chi connectivity index (χ2n) is 11.4. The van der Waals surface area contributed by atoms with Gasteiger partial charge in [0.25, 0.3) is 0 Å². The van der Waals surface area contributed by atoms with Crippen LogP contribution >= 0.6 is 0 Å². The minimum absolute atomic E-state index is 0.0408. The van der Waals surface area contributed by atoms with Gasteiger partial charge in [0, 0.05) is 52.5 Å². The van der Waals surface area contributed by atoms with Crippen molar-refractivity contribution in [1.29, 1.82) is 0 Å². The van der Waals surface area contributed by atoms with Gasteiger partial charge in [0.15, 0.2) is 0 Å². The van der Waals surface area contributed by atoms with Crippen LogP contribution in [0, 0.1) is 0 Å². The highest BCUT2D eigenvalue weighted by atomic mass is 16.5. The molecule has 0 spiro atoms. The highest BCUT2D eigenvalue weighted by Crippen LogP contribution is 2.25. The Morgan fingerprint density at radius 2 is 1.69 bits per heavy atom.